The minimum Gasteiger partial charge on any atom is -0.396 e. The summed E-state index contributed by atoms with van der Waals surface area (Å²) in [7, 11) is 0. The predicted molar refractivity (Wildman–Crippen MR) is 83.9 cm³/mol. The average molecular weight is 302 g/mol. The molecule has 2 aromatic rings. The minimum absolute atomic E-state index is 0.135. The van der Waals surface area contributed by atoms with Crippen molar-refractivity contribution in [1.29, 1.82) is 0 Å². The van der Waals surface area contributed by atoms with Gasteiger partial charge in [0, 0.05) is 30.8 Å². The Labute approximate surface area is 128 Å². The lowest BCUT2D eigenvalue weighted by Gasteiger charge is -2.11. The number of halogens is 1. The van der Waals surface area contributed by atoms with Crippen LogP contribution in [-0.4, -0.2) is 28.2 Å². The highest BCUT2D eigenvalue weighted by Crippen LogP contribution is 2.40. The standard InChI is InChI=1S/C16H19FN4O/c17-12-4-6-13(7-5-12)19-15-10-14(11-2-3-11)20-16(21-15)18-8-1-9-22/h4-7,10-11,22H,1-3,8-9H2,(H2,18,19,20,21). The van der Waals surface area contributed by atoms with Gasteiger partial charge < -0.3 is 15.7 Å². The van der Waals surface area contributed by atoms with Gasteiger partial charge in [-0.15, -0.1) is 0 Å². The Kier molecular flexibility index (Phi) is 4.48. The second-order valence-electron chi connectivity index (χ2n) is 5.41. The number of nitrogens with one attached hydrogen (secondary N) is 2. The maximum absolute atomic E-state index is 13.0. The van der Waals surface area contributed by atoms with Crippen LogP contribution in [0.25, 0.3) is 0 Å². The van der Waals surface area contributed by atoms with Crippen molar-refractivity contribution in [2.24, 2.45) is 0 Å². The quantitative estimate of drug-likeness (QED) is 0.686. The number of anilines is 3. The molecule has 0 bridgehead atoms. The normalized spacial score (nSPS) is 13.9. The van der Waals surface area contributed by atoms with E-state index in [0.29, 0.717) is 30.6 Å². The number of nitrogens with zero attached hydrogens (tertiary/aromatic N) is 2. The molecule has 3 rings (SSSR count). The van der Waals surface area contributed by atoms with Crippen LogP contribution in [0.3, 0.4) is 0 Å². The summed E-state index contributed by atoms with van der Waals surface area (Å²) < 4.78 is 13.0. The number of rotatable bonds is 7. The van der Waals surface area contributed by atoms with Crippen LogP contribution in [0, 0.1) is 5.82 Å². The number of hydrogen-bond acceptors (Lipinski definition) is 5. The van der Waals surface area contributed by atoms with Crippen LogP contribution in [0.15, 0.2) is 30.3 Å². The van der Waals surface area contributed by atoms with Crippen molar-refractivity contribution in [3.8, 4) is 0 Å². The van der Waals surface area contributed by atoms with E-state index in [4.69, 9.17) is 5.11 Å². The zero-order chi connectivity index (χ0) is 15.4. The second kappa shape index (κ2) is 6.70. The molecule has 1 saturated carbocycles. The first kappa shape index (κ1) is 14.7. The molecule has 1 aliphatic rings. The Morgan fingerprint density at radius 2 is 1.95 bits per heavy atom. The van der Waals surface area contributed by atoms with Gasteiger partial charge in [0.05, 0.1) is 5.69 Å². The van der Waals surface area contributed by atoms with Gasteiger partial charge in [-0.3, -0.25) is 0 Å². The number of hydrogen-bond donors (Lipinski definition) is 3. The zero-order valence-corrected chi connectivity index (χ0v) is 12.2. The van der Waals surface area contributed by atoms with Gasteiger partial charge in [0.1, 0.15) is 11.6 Å². The van der Waals surface area contributed by atoms with Crippen LogP contribution in [-0.2, 0) is 0 Å². The molecule has 0 radical (unpaired) electrons. The van der Waals surface area contributed by atoms with E-state index in [9.17, 15) is 4.39 Å². The van der Waals surface area contributed by atoms with Crippen LogP contribution < -0.4 is 10.6 Å². The van der Waals surface area contributed by atoms with Gasteiger partial charge in [-0.1, -0.05) is 0 Å². The molecule has 116 valence electrons. The van der Waals surface area contributed by atoms with Crippen LogP contribution in [0.5, 0.6) is 0 Å². The number of benzene rings is 1. The summed E-state index contributed by atoms with van der Waals surface area (Å²) in [6, 6.07) is 8.11. The Balaban J connectivity index is 1.77. The van der Waals surface area contributed by atoms with E-state index in [1.165, 1.54) is 12.1 Å². The van der Waals surface area contributed by atoms with Crippen molar-refractivity contribution in [2.45, 2.75) is 25.2 Å². The predicted octanol–water partition coefficient (Wildman–Crippen LogP) is 3.03. The van der Waals surface area contributed by atoms with E-state index in [1.54, 1.807) is 12.1 Å². The number of aliphatic hydroxyl groups excluding tert-OH is 1. The molecule has 6 heteroatoms. The third kappa shape index (κ3) is 3.92. The molecule has 0 spiro atoms. The summed E-state index contributed by atoms with van der Waals surface area (Å²) in [5.74, 6) is 1.49. The summed E-state index contributed by atoms with van der Waals surface area (Å²) in [4.78, 5) is 8.94. The van der Waals surface area contributed by atoms with Gasteiger partial charge in [0.15, 0.2) is 0 Å². The third-order valence-electron chi connectivity index (χ3n) is 3.48. The number of aliphatic hydroxyl groups is 1. The maximum Gasteiger partial charge on any atom is 0.224 e. The van der Waals surface area contributed by atoms with Crippen molar-refractivity contribution in [2.75, 3.05) is 23.8 Å². The van der Waals surface area contributed by atoms with Gasteiger partial charge in [0.25, 0.3) is 0 Å². The van der Waals surface area contributed by atoms with Crippen molar-refractivity contribution in [1.82, 2.24) is 9.97 Å². The van der Waals surface area contributed by atoms with Gasteiger partial charge >= 0.3 is 0 Å². The van der Waals surface area contributed by atoms with Gasteiger partial charge in [-0.05, 0) is 43.5 Å². The molecule has 3 N–H and O–H groups in total. The fraction of sp³-hybridized carbons (Fsp3) is 0.375. The summed E-state index contributed by atoms with van der Waals surface area (Å²) >= 11 is 0. The second-order valence-corrected chi connectivity index (χ2v) is 5.41. The van der Waals surface area contributed by atoms with Crippen LogP contribution >= 0.6 is 0 Å². The molecule has 0 saturated heterocycles. The summed E-state index contributed by atoms with van der Waals surface area (Å²) in [5, 5.41) is 15.1. The molecule has 0 atom stereocenters. The lowest BCUT2D eigenvalue weighted by atomic mass is 10.2. The van der Waals surface area contributed by atoms with Crippen LogP contribution in [0.4, 0.5) is 21.8 Å². The van der Waals surface area contributed by atoms with E-state index >= 15 is 0 Å². The summed E-state index contributed by atoms with van der Waals surface area (Å²) in [6.45, 7) is 0.761. The van der Waals surface area contributed by atoms with Crippen molar-refractivity contribution < 1.29 is 9.50 Å². The maximum atomic E-state index is 13.0. The first-order valence-electron chi connectivity index (χ1n) is 7.51. The third-order valence-corrected chi connectivity index (χ3v) is 3.48. The number of aromatic nitrogens is 2. The topological polar surface area (TPSA) is 70.1 Å². The monoisotopic (exact) mass is 302 g/mol. The van der Waals surface area contributed by atoms with Gasteiger partial charge in [0.2, 0.25) is 5.95 Å². The van der Waals surface area contributed by atoms with Crippen LogP contribution in [0.1, 0.15) is 30.9 Å². The smallest absolute Gasteiger partial charge is 0.224 e. The molecular formula is C16H19FN4O. The van der Waals surface area contributed by atoms with Crippen LogP contribution in [0.2, 0.25) is 0 Å². The molecule has 0 aliphatic heterocycles. The highest BCUT2D eigenvalue weighted by molar-refractivity contribution is 5.57. The zero-order valence-electron chi connectivity index (χ0n) is 12.2. The molecule has 5 nitrogen and oxygen atoms in total. The molecule has 0 amide bonds. The van der Waals surface area contributed by atoms with Gasteiger partial charge in [-0.25, -0.2) is 9.37 Å². The molecule has 1 aliphatic carbocycles. The molecule has 1 heterocycles. The van der Waals surface area contributed by atoms with E-state index in [-0.39, 0.29) is 12.4 Å². The van der Waals surface area contributed by atoms with Crippen molar-refractivity contribution >= 4 is 17.5 Å². The Morgan fingerprint density at radius 1 is 1.18 bits per heavy atom. The Morgan fingerprint density at radius 3 is 2.64 bits per heavy atom. The lowest BCUT2D eigenvalue weighted by molar-refractivity contribution is 0.292. The Hall–Kier alpha value is -2.21. The summed E-state index contributed by atoms with van der Waals surface area (Å²) in [5.41, 5.74) is 1.80. The van der Waals surface area contributed by atoms with E-state index < -0.39 is 0 Å². The molecule has 1 aromatic heterocycles. The molecule has 1 aromatic carbocycles. The van der Waals surface area contributed by atoms with E-state index in [1.807, 2.05) is 6.07 Å². The van der Waals surface area contributed by atoms with Crippen molar-refractivity contribution in [3.63, 3.8) is 0 Å². The first-order valence-corrected chi connectivity index (χ1v) is 7.51. The average Bonchev–Trinajstić information content (AvgIpc) is 3.35. The SMILES string of the molecule is OCCCNc1nc(Nc2ccc(F)cc2)cc(C2CC2)n1. The molecule has 0 unspecified atom stereocenters. The highest BCUT2D eigenvalue weighted by atomic mass is 19.1. The summed E-state index contributed by atoms with van der Waals surface area (Å²) in [6.07, 6.45) is 2.96. The minimum atomic E-state index is -0.265. The molecule has 22 heavy (non-hydrogen) atoms. The fourth-order valence-electron chi connectivity index (χ4n) is 2.16. The van der Waals surface area contributed by atoms with Gasteiger partial charge in [-0.2, -0.15) is 4.98 Å². The first-order chi connectivity index (χ1) is 10.7. The van der Waals surface area contributed by atoms with E-state index in [0.717, 1.165) is 24.2 Å². The van der Waals surface area contributed by atoms with Crippen molar-refractivity contribution in [3.05, 3.63) is 41.8 Å². The molecule has 1 fully saturated rings. The molecular weight excluding hydrogens is 283 g/mol. The highest BCUT2D eigenvalue weighted by Gasteiger charge is 2.26. The van der Waals surface area contributed by atoms with E-state index in [2.05, 4.69) is 20.6 Å². The fourth-order valence-corrected chi connectivity index (χ4v) is 2.16. The Bertz CT molecular complexity index is 629. The largest absolute Gasteiger partial charge is 0.396 e. The lowest BCUT2D eigenvalue weighted by Crippen LogP contribution is -2.09.